The number of hydrogen-bond donors (Lipinski definition) is 0. The molecule has 0 rings (SSSR count). The molecule has 0 aliphatic rings. The van der Waals surface area contributed by atoms with Crippen molar-refractivity contribution in [2.75, 3.05) is 0 Å². The van der Waals surface area contributed by atoms with Gasteiger partial charge in [-0.3, -0.25) is 0 Å². The Kier molecular flexibility index (Phi) is 34.2. The average molecular weight is 571 g/mol. The highest BCUT2D eigenvalue weighted by atomic mass is 16.5. The first kappa shape index (κ1) is 39.9. The lowest BCUT2D eigenvalue weighted by Gasteiger charge is -2.10. The zero-order chi connectivity index (χ0) is 29.9. The van der Waals surface area contributed by atoms with Crippen molar-refractivity contribution in [1.82, 2.24) is 0 Å². The molecule has 2 unspecified atom stereocenters. The summed E-state index contributed by atoms with van der Waals surface area (Å²) in [5.74, 6) is 7.91. The molecule has 240 valence electrons. The SMILES string of the molecule is CCCCCCCCCCC(C#COC#CC(CCCCCCC)CCCCCCCCCC)CCCCCCC. The highest BCUT2D eigenvalue weighted by Gasteiger charge is 2.07. The highest BCUT2D eigenvalue weighted by Crippen LogP contribution is 2.20. The Bertz CT molecular complexity index is 560. The first-order valence-electron chi connectivity index (χ1n) is 18.9. The molecule has 0 fully saturated rings. The maximum atomic E-state index is 5.63. The summed E-state index contributed by atoms with van der Waals surface area (Å²) in [4.78, 5) is 0. The molecular weight excluding hydrogens is 496 g/mol. The zero-order valence-corrected chi connectivity index (χ0v) is 28.8. The molecule has 0 saturated carbocycles. The molecule has 0 heterocycles. The third-order valence-corrected chi connectivity index (χ3v) is 8.75. The van der Waals surface area contributed by atoms with Crippen LogP contribution in [0.3, 0.4) is 0 Å². The lowest BCUT2D eigenvalue weighted by molar-refractivity contribution is 0.447. The summed E-state index contributed by atoms with van der Waals surface area (Å²) in [5, 5.41) is 0. The van der Waals surface area contributed by atoms with Crippen molar-refractivity contribution in [3.05, 3.63) is 0 Å². The van der Waals surface area contributed by atoms with Crippen LogP contribution in [-0.4, -0.2) is 0 Å². The second-order valence-electron chi connectivity index (χ2n) is 12.9. The van der Waals surface area contributed by atoms with Crippen molar-refractivity contribution in [1.29, 1.82) is 0 Å². The van der Waals surface area contributed by atoms with Gasteiger partial charge in [-0.15, -0.1) is 0 Å². The summed E-state index contributed by atoms with van der Waals surface area (Å²) in [6, 6.07) is 0. The lowest BCUT2D eigenvalue weighted by atomic mass is 9.94. The van der Waals surface area contributed by atoms with Gasteiger partial charge in [0.15, 0.2) is 0 Å². The van der Waals surface area contributed by atoms with Crippen LogP contribution in [0, 0.1) is 35.9 Å². The standard InChI is InChI=1S/C40H74O/c1-5-9-13-17-19-21-25-29-33-39(31-27-23-15-11-7-3)35-37-41-38-36-40(32-28-24-16-12-8-4)34-30-26-22-20-18-14-10-6-2/h39-40H,5-34H2,1-4H3. The average Bonchev–Trinajstić information content (AvgIpc) is 2.98. The smallest absolute Gasteiger partial charge is 0.130 e. The van der Waals surface area contributed by atoms with Gasteiger partial charge in [0, 0.05) is 11.8 Å². The first-order chi connectivity index (χ1) is 20.3. The minimum absolute atomic E-state index is 0.477. The predicted molar refractivity (Wildman–Crippen MR) is 185 cm³/mol. The van der Waals surface area contributed by atoms with Gasteiger partial charge in [-0.1, -0.05) is 206 Å². The molecule has 2 atom stereocenters. The van der Waals surface area contributed by atoms with Gasteiger partial charge in [-0.25, -0.2) is 0 Å². The lowest BCUT2D eigenvalue weighted by Crippen LogP contribution is -1.99. The summed E-state index contributed by atoms with van der Waals surface area (Å²) >= 11 is 0. The maximum absolute atomic E-state index is 5.63. The van der Waals surface area contributed by atoms with Crippen LogP contribution < -0.4 is 0 Å². The molecule has 0 N–H and O–H groups in total. The van der Waals surface area contributed by atoms with E-state index in [0.717, 1.165) is 0 Å². The molecule has 1 heteroatoms. The molecule has 0 aromatic rings. The molecule has 41 heavy (non-hydrogen) atoms. The van der Waals surface area contributed by atoms with Crippen molar-refractivity contribution in [2.24, 2.45) is 11.8 Å². The zero-order valence-electron chi connectivity index (χ0n) is 28.8. The molecule has 0 aliphatic carbocycles. The van der Waals surface area contributed by atoms with E-state index < -0.39 is 0 Å². The minimum atomic E-state index is 0.477. The van der Waals surface area contributed by atoms with Crippen molar-refractivity contribution >= 4 is 0 Å². The van der Waals surface area contributed by atoms with Crippen LogP contribution >= 0.6 is 0 Å². The van der Waals surface area contributed by atoms with E-state index in [2.05, 4.69) is 51.7 Å². The number of unbranched alkanes of at least 4 members (excludes halogenated alkanes) is 22. The van der Waals surface area contributed by atoms with Gasteiger partial charge in [-0.05, 0) is 25.7 Å². The van der Waals surface area contributed by atoms with Crippen molar-refractivity contribution in [3.8, 4) is 24.1 Å². The topological polar surface area (TPSA) is 9.23 Å². The molecular formula is C40H74O. The molecule has 0 spiro atoms. The monoisotopic (exact) mass is 571 g/mol. The van der Waals surface area contributed by atoms with E-state index in [9.17, 15) is 0 Å². The van der Waals surface area contributed by atoms with Gasteiger partial charge < -0.3 is 4.74 Å². The highest BCUT2D eigenvalue weighted by molar-refractivity contribution is 5.04. The Hall–Kier alpha value is -1.08. The Morgan fingerprint density at radius 2 is 0.537 bits per heavy atom. The third kappa shape index (κ3) is 31.7. The van der Waals surface area contributed by atoms with Gasteiger partial charge in [0.05, 0.1) is 0 Å². The van der Waals surface area contributed by atoms with Gasteiger partial charge in [0.1, 0.15) is 12.2 Å². The number of rotatable bonds is 30. The number of ether oxygens (including phenoxy) is 1. The van der Waals surface area contributed by atoms with E-state index in [4.69, 9.17) is 4.74 Å². The van der Waals surface area contributed by atoms with Crippen LogP contribution in [0.2, 0.25) is 0 Å². The Balaban J connectivity index is 4.63. The summed E-state index contributed by atoms with van der Waals surface area (Å²) in [6.07, 6.45) is 46.5. The molecule has 0 bridgehead atoms. The van der Waals surface area contributed by atoms with Crippen LogP contribution in [-0.2, 0) is 4.74 Å². The second-order valence-corrected chi connectivity index (χ2v) is 12.9. The predicted octanol–water partition coefficient (Wildman–Crippen LogP) is 13.9. The summed E-state index contributed by atoms with van der Waals surface area (Å²) in [6.45, 7) is 9.18. The Labute approximate surface area is 260 Å². The molecule has 0 saturated heterocycles. The van der Waals surface area contributed by atoms with Crippen molar-refractivity contribution in [3.63, 3.8) is 0 Å². The fourth-order valence-corrected chi connectivity index (χ4v) is 5.87. The quantitative estimate of drug-likeness (QED) is 0.0616. The van der Waals surface area contributed by atoms with Crippen LogP contribution in [0.15, 0.2) is 0 Å². The van der Waals surface area contributed by atoms with E-state index in [1.807, 2.05) is 0 Å². The van der Waals surface area contributed by atoms with Crippen LogP contribution in [0.25, 0.3) is 0 Å². The van der Waals surface area contributed by atoms with Gasteiger partial charge in [-0.2, -0.15) is 0 Å². The minimum Gasteiger partial charge on any atom is -0.357 e. The molecule has 0 aliphatic heterocycles. The van der Waals surface area contributed by atoms with E-state index in [-0.39, 0.29) is 0 Å². The molecule has 0 radical (unpaired) electrons. The van der Waals surface area contributed by atoms with Gasteiger partial charge >= 0.3 is 0 Å². The summed E-state index contributed by atoms with van der Waals surface area (Å²) < 4.78 is 5.63. The van der Waals surface area contributed by atoms with Crippen LogP contribution in [0.5, 0.6) is 0 Å². The fraction of sp³-hybridized carbons (Fsp3) is 0.900. The molecule has 0 amide bonds. The normalized spacial score (nSPS) is 12.3. The van der Waals surface area contributed by atoms with E-state index in [1.165, 1.54) is 193 Å². The summed E-state index contributed by atoms with van der Waals surface area (Å²) in [5.41, 5.74) is 0. The van der Waals surface area contributed by atoms with E-state index >= 15 is 0 Å². The van der Waals surface area contributed by atoms with Gasteiger partial charge in [0.25, 0.3) is 0 Å². The number of hydrogen-bond acceptors (Lipinski definition) is 1. The second kappa shape index (κ2) is 35.1. The Morgan fingerprint density at radius 1 is 0.317 bits per heavy atom. The van der Waals surface area contributed by atoms with Gasteiger partial charge in [0.2, 0.25) is 0 Å². The molecule has 0 aromatic carbocycles. The van der Waals surface area contributed by atoms with Crippen molar-refractivity contribution in [2.45, 2.75) is 220 Å². The van der Waals surface area contributed by atoms with Crippen molar-refractivity contribution < 1.29 is 4.74 Å². The molecule has 1 nitrogen and oxygen atoms in total. The largest absolute Gasteiger partial charge is 0.357 e. The van der Waals surface area contributed by atoms with Crippen LogP contribution in [0.1, 0.15) is 220 Å². The first-order valence-corrected chi connectivity index (χ1v) is 18.9. The Morgan fingerprint density at radius 3 is 0.780 bits per heavy atom. The van der Waals surface area contributed by atoms with Crippen LogP contribution in [0.4, 0.5) is 0 Å². The fourth-order valence-electron chi connectivity index (χ4n) is 5.87. The van der Waals surface area contributed by atoms with E-state index in [1.54, 1.807) is 0 Å². The summed E-state index contributed by atoms with van der Waals surface area (Å²) in [7, 11) is 0. The maximum Gasteiger partial charge on any atom is 0.130 e. The third-order valence-electron chi connectivity index (χ3n) is 8.75. The molecule has 0 aromatic heterocycles. The van der Waals surface area contributed by atoms with E-state index in [0.29, 0.717) is 11.8 Å².